The zero-order chi connectivity index (χ0) is 17.7. The molecular weight excluding hydrogens is 328 g/mol. The molecule has 0 aromatic heterocycles. The summed E-state index contributed by atoms with van der Waals surface area (Å²) >= 11 is 5.99. The predicted molar refractivity (Wildman–Crippen MR) is 92.3 cm³/mol. The van der Waals surface area contributed by atoms with Crippen LogP contribution in [0.3, 0.4) is 0 Å². The molecule has 2 aromatic carbocycles. The Morgan fingerprint density at radius 1 is 1.17 bits per heavy atom. The molecule has 0 heterocycles. The van der Waals surface area contributed by atoms with Crippen molar-refractivity contribution in [2.24, 2.45) is 5.73 Å². The van der Waals surface area contributed by atoms with Crippen molar-refractivity contribution in [2.45, 2.75) is 18.6 Å². The number of carbonyl (C=O) groups is 2. The fourth-order valence-electron chi connectivity index (χ4n) is 2.41. The van der Waals surface area contributed by atoms with E-state index in [0.717, 1.165) is 0 Å². The van der Waals surface area contributed by atoms with Crippen LogP contribution in [-0.2, 0) is 19.9 Å². The van der Waals surface area contributed by atoms with Gasteiger partial charge in [0.1, 0.15) is 5.54 Å². The van der Waals surface area contributed by atoms with Crippen LogP contribution in [0, 0.1) is 0 Å². The highest BCUT2D eigenvalue weighted by atomic mass is 35.5. The maximum absolute atomic E-state index is 12.7. The lowest BCUT2D eigenvalue weighted by Crippen LogP contribution is -2.54. The van der Waals surface area contributed by atoms with Gasteiger partial charge < -0.3 is 15.8 Å². The van der Waals surface area contributed by atoms with Gasteiger partial charge in [-0.15, -0.1) is 0 Å². The Labute approximate surface area is 145 Å². The Balaban J connectivity index is 2.33. The predicted octanol–water partition coefficient (Wildman–Crippen LogP) is 2.54. The molecule has 0 bridgehead atoms. The average Bonchev–Trinajstić information content (AvgIpc) is 2.56. The van der Waals surface area contributed by atoms with Gasteiger partial charge in [-0.3, -0.25) is 9.59 Å². The number of ether oxygens (including phenoxy) is 1. The van der Waals surface area contributed by atoms with E-state index in [1.165, 1.54) is 14.0 Å². The van der Waals surface area contributed by atoms with Crippen LogP contribution < -0.4 is 11.1 Å². The number of benzene rings is 2. The van der Waals surface area contributed by atoms with Gasteiger partial charge in [0.15, 0.2) is 6.10 Å². The lowest BCUT2D eigenvalue weighted by Gasteiger charge is -2.30. The first-order valence-electron chi connectivity index (χ1n) is 7.34. The zero-order valence-corrected chi connectivity index (χ0v) is 14.2. The summed E-state index contributed by atoms with van der Waals surface area (Å²) in [5.74, 6) is -1.16. The van der Waals surface area contributed by atoms with Crippen molar-refractivity contribution in [2.75, 3.05) is 7.11 Å². The van der Waals surface area contributed by atoms with Gasteiger partial charge in [0.2, 0.25) is 5.91 Å². The minimum atomic E-state index is -1.41. The molecule has 0 saturated carbocycles. The van der Waals surface area contributed by atoms with Crippen molar-refractivity contribution in [1.82, 2.24) is 5.32 Å². The van der Waals surface area contributed by atoms with Crippen LogP contribution in [0.15, 0.2) is 54.6 Å². The van der Waals surface area contributed by atoms with Crippen LogP contribution in [0.5, 0.6) is 0 Å². The Morgan fingerprint density at radius 2 is 1.83 bits per heavy atom. The minimum absolute atomic E-state index is 0.445. The van der Waals surface area contributed by atoms with Crippen molar-refractivity contribution in [3.63, 3.8) is 0 Å². The number of rotatable bonds is 6. The van der Waals surface area contributed by atoms with Crippen molar-refractivity contribution < 1.29 is 14.3 Å². The molecule has 2 aromatic rings. The third-order valence-corrected chi connectivity index (χ3v) is 4.08. The van der Waals surface area contributed by atoms with Crippen LogP contribution >= 0.6 is 11.6 Å². The first kappa shape index (κ1) is 18.0. The van der Waals surface area contributed by atoms with Crippen LogP contribution in [0.25, 0.3) is 0 Å². The second-order valence-corrected chi connectivity index (χ2v) is 5.95. The summed E-state index contributed by atoms with van der Waals surface area (Å²) in [5, 5.41) is 3.13. The molecule has 0 saturated heterocycles. The molecule has 0 aliphatic carbocycles. The summed E-state index contributed by atoms with van der Waals surface area (Å²) in [4.78, 5) is 24.7. The van der Waals surface area contributed by atoms with Gasteiger partial charge in [-0.1, -0.05) is 54.1 Å². The van der Waals surface area contributed by atoms with Crippen LogP contribution in [0.4, 0.5) is 0 Å². The van der Waals surface area contributed by atoms with E-state index in [1.54, 1.807) is 48.5 Å². The van der Waals surface area contributed by atoms with E-state index in [1.807, 2.05) is 6.07 Å². The largest absolute Gasteiger partial charge is 0.367 e. The Morgan fingerprint density at radius 3 is 2.38 bits per heavy atom. The van der Waals surface area contributed by atoms with Gasteiger partial charge in [0.05, 0.1) is 0 Å². The highest BCUT2D eigenvalue weighted by Crippen LogP contribution is 2.25. The lowest BCUT2D eigenvalue weighted by atomic mass is 9.90. The van der Waals surface area contributed by atoms with Crippen LogP contribution in [0.1, 0.15) is 24.2 Å². The van der Waals surface area contributed by atoms with Crippen molar-refractivity contribution in [3.8, 4) is 0 Å². The number of halogens is 1. The summed E-state index contributed by atoms with van der Waals surface area (Å²) < 4.78 is 5.29. The molecule has 6 heteroatoms. The molecule has 0 aliphatic heterocycles. The van der Waals surface area contributed by atoms with E-state index < -0.39 is 23.5 Å². The molecule has 0 spiro atoms. The van der Waals surface area contributed by atoms with Gasteiger partial charge in [0, 0.05) is 12.1 Å². The van der Waals surface area contributed by atoms with Crippen LogP contribution in [0.2, 0.25) is 5.02 Å². The topological polar surface area (TPSA) is 81.4 Å². The molecule has 126 valence electrons. The Bertz CT molecular complexity index is 736. The molecule has 0 aliphatic rings. The monoisotopic (exact) mass is 346 g/mol. The molecule has 24 heavy (non-hydrogen) atoms. The van der Waals surface area contributed by atoms with Crippen LogP contribution in [-0.4, -0.2) is 18.9 Å². The first-order chi connectivity index (χ1) is 11.4. The second kappa shape index (κ2) is 7.47. The highest BCUT2D eigenvalue weighted by molar-refractivity contribution is 6.30. The fourth-order valence-corrected chi connectivity index (χ4v) is 2.60. The number of primary amides is 1. The quantitative estimate of drug-likeness (QED) is 0.843. The average molecular weight is 347 g/mol. The normalized spacial score (nSPS) is 14.5. The van der Waals surface area contributed by atoms with Gasteiger partial charge in [-0.05, 0) is 30.2 Å². The SMILES string of the molecule is CO[C@@H](C(=O)N[C@@](C)(C(N)=O)c1cccc(Cl)c1)c1ccccc1. The molecule has 0 radical (unpaired) electrons. The molecular formula is C18H19ClN2O3. The van der Waals surface area contributed by atoms with E-state index in [0.29, 0.717) is 16.1 Å². The smallest absolute Gasteiger partial charge is 0.254 e. The summed E-state index contributed by atoms with van der Waals surface area (Å²) in [6.45, 7) is 1.54. The number of carbonyl (C=O) groups excluding carboxylic acids is 2. The van der Waals surface area contributed by atoms with Gasteiger partial charge in [0.25, 0.3) is 5.91 Å². The first-order valence-corrected chi connectivity index (χ1v) is 7.72. The summed E-state index contributed by atoms with van der Waals surface area (Å²) in [5.41, 5.74) is 5.31. The van der Waals surface area contributed by atoms with E-state index in [9.17, 15) is 9.59 Å². The van der Waals surface area contributed by atoms with Crippen molar-refractivity contribution in [3.05, 3.63) is 70.7 Å². The molecule has 0 unspecified atom stereocenters. The molecule has 0 fully saturated rings. The lowest BCUT2D eigenvalue weighted by molar-refractivity contribution is -0.138. The third kappa shape index (κ3) is 3.75. The van der Waals surface area contributed by atoms with E-state index in [4.69, 9.17) is 22.1 Å². The molecule has 2 amide bonds. The van der Waals surface area contributed by atoms with E-state index in [2.05, 4.69) is 5.32 Å². The van der Waals surface area contributed by atoms with E-state index in [-0.39, 0.29) is 0 Å². The summed E-state index contributed by atoms with van der Waals surface area (Å²) in [7, 11) is 1.43. The third-order valence-electron chi connectivity index (χ3n) is 3.84. The number of methoxy groups -OCH3 is 1. The van der Waals surface area contributed by atoms with E-state index >= 15 is 0 Å². The van der Waals surface area contributed by atoms with Gasteiger partial charge in [-0.25, -0.2) is 0 Å². The number of hydrogen-bond acceptors (Lipinski definition) is 3. The summed E-state index contributed by atoms with van der Waals surface area (Å²) in [6.07, 6.45) is -0.857. The fraction of sp³-hybridized carbons (Fsp3) is 0.222. The van der Waals surface area contributed by atoms with Gasteiger partial charge >= 0.3 is 0 Å². The molecule has 5 nitrogen and oxygen atoms in total. The number of amides is 2. The molecule has 2 atom stereocenters. The summed E-state index contributed by atoms with van der Waals surface area (Å²) in [6, 6.07) is 15.6. The van der Waals surface area contributed by atoms with Gasteiger partial charge in [-0.2, -0.15) is 0 Å². The Kier molecular flexibility index (Phi) is 5.59. The van der Waals surface area contributed by atoms with Crippen molar-refractivity contribution in [1.29, 1.82) is 0 Å². The highest BCUT2D eigenvalue weighted by Gasteiger charge is 2.37. The van der Waals surface area contributed by atoms with Crippen molar-refractivity contribution >= 4 is 23.4 Å². The zero-order valence-electron chi connectivity index (χ0n) is 13.5. The number of hydrogen-bond donors (Lipinski definition) is 2. The maximum Gasteiger partial charge on any atom is 0.254 e. The molecule has 3 N–H and O–H groups in total. The standard InChI is InChI=1S/C18H19ClN2O3/c1-18(17(20)23,13-9-6-10-14(19)11-13)21-16(22)15(24-2)12-7-4-3-5-8-12/h3-11,15H,1-2H3,(H2,20,23)(H,21,22)/t15-,18-/m1/s1. The Hall–Kier alpha value is -2.37. The molecule has 2 rings (SSSR count). The minimum Gasteiger partial charge on any atom is -0.367 e. The number of nitrogens with one attached hydrogen (secondary N) is 1. The maximum atomic E-state index is 12.7. The number of nitrogens with two attached hydrogens (primary N) is 1. The second-order valence-electron chi connectivity index (χ2n) is 5.52.